The Bertz CT molecular complexity index is 517. The highest BCUT2D eigenvalue weighted by atomic mass is 32.2. The van der Waals surface area contributed by atoms with Gasteiger partial charge in [-0.25, -0.2) is 17.1 Å². The molecule has 0 spiro atoms. The lowest BCUT2D eigenvalue weighted by molar-refractivity contribution is 0.177. The second-order valence-electron chi connectivity index (χ2n) is 4.15. The molecule has 0 saturated carbocycles. The van der Waals surface area contributed by atoms with E-state index in [9.17, 15) is 12.8 Å². The smallest absolute Gasteiger partial charge is 0.242 e. The maximum Gasteiger partial charge on any atom is 0.242 e. The maximum absolute atomic E-state index is 13.0. The Morgan fingerprint density at radius 2 is 2.11 bits per heavy atom. The lowest BCUT2D eigenvalue weighted by Crippen LogP contribution is -2.29. The van der Waals surface area contributed by atoms with E-state index >= 15 is 0 Å². The molecule has 7 heteroatoms. The minimum Gasteiger partial charge on any atom is -0.396 e. The van der Waals surface area contributed by atoms with Crippen molar-refractivity contribution < 1.29 is 17.9 Å². The number of aliphatic hydroxyl groups is 1. The molecule has 0 aliphatic carbocycles. The number of benzene rings is 1. The molecule has 102 valence electrons. The summed E-state index contributed by atoms with van der Waals surface area (Å²) in [6.07, 6.45) is -0.257. The summed E-state index contributed by atoms with van der Waals surface area (Å²) in [6.45, 7) is 1.76. The molecule has 0 bridgehead atoms. The Labute approximate surface area is 106 Å². The van der Waals surface area contributed by atoms with Crippen LogP contribution in [0.2, 0.25) is 0 Å². The number of halogens is 1. The predicted molar refractivity (Wildman–Crippen MR) is 66.9 cm³/mol. The highest BCUT2D eigenvalue weighted by Gasteiger charge is 2.21. The molecule has 0 heterocycles. The molecule has 1 aromatic carbocycles. The van der Waals surface area contributed by atoms with Crippen LogP contribution in [0.4, 0.5) is 10.1 Å². The number of aliphatic hydroxyl groups excluding tert-OH is 1. The lowest BCUT2D eigenvalue weighted by Gasteiger charge is -2.18. The molecule has 1 rings (SSSR count). The van der Waals surface area contributed by atoms with Crippen molar-refractivity contribution in [1.82, 2.24) is 4.31 Å². The summed E-state index contributed by atoms with van der Waals surface area (Å²) in [4.78, 5) is -0.0607. The van der Waals surface area contributed by atoms with Crippen LogP contribution in [0, 0.1) is 5.82 Å². The monoisotopic (exact) mass is 276 g/mol. The standard InChI is InChI=1S/C11H17FN2O3S/c1-8(15)5-6-14(2)18(16,17)9-3-4-10(12)11(13)7-9/h3-4,7-8,15H,5-6,13H2,1-2H3. The molecule has 1 atom stereocenters. The average molecular weight is 276 g/mol. The molecule has 0 saturated heterocycles. The number of nitrogen functional groups attached to an aromatic ring is 1. The topological polar surface area (TPSA) is 83.6 Å². The predicted octanol–water partition coefficient (Wildman–Crippen LogP) is 0.799. The highest BCUT2D eigenvalue weighted by molar-refractivity contribution is 7.89. The van der Waals surface area contributed by atoms with Gasteiger partial charge in [0.15, 0.2) is 0 Å². The second kappa shape index (κ2) is 5.64. The summed E-state index contributed by atoms with van der Waals surface area (Å²) in [5.74, 6) is -0.652. The van der Waals surface area contributed by atoms with Gasteiger partial charge in [-0.05, 0) is 31.5 Å². The summed E-state index contributed by atoms with van der Waals surface area (Å²) in [6, 6.07) is 3.27. The molecule has 1 unspecified atom stereocenters. The molecular weight excluding hydrogens is 259 g/mol. The number of sulfonamides is 1. The van der Waals surface area contributed by atoms with Crippen molar-refractivity contribution in [3.05, 3.63) is 24.0 Å². The minimum atomic E-state index is -3.70. The van der Waals surface area contributed by atoms with E-state index in [2.05, 4.69) is 0 Å². The van der Waals surface area contributed by atoms with Crippen LogP contribution in [0.15, 0.2) is 23.1 Å². The molecule has 5 nitrogen and oxygen atoms in total. The van der Waals surface area contributed by atoms with Gasteiger partial charge >= 0.3 is 0 Å². The van der Waals surface area contributed by atoms with Crippen LogP contribution >= 0.6 is 0 Å². The van der Waals surface area contributed by atoms with Crippen LogP contribution in [-0.4, -0.2) is 37.5 Å². The molecular formula is C11H17FN2O3S. The molecule has 3 N–H and O–H groups in total. The van der Waals surface area contributed by atoms with Crippen LogP contribution in [0.25, 0.3) is 0 Å². The summed E-state index contributed by atoms with van der Waals surface area (Å²) >= 11 is 0. The van der Waals surface area contributed by atoms with Gasteiger partial charge in [-0.3, -0.25) is 0 Å². The van der Waals surface area contributed by atoms with E-state index in [4.69, 9.17) is 10.8 Å². The van der Waals surface area contributed by atoms with Crippen molar-refractivity contribution >= 4 is 15.7 Å². The molecule has 0 amide bonds. The van der Waals surface area contributed by atoms with Gasteiger partial charge in [-0.15, -0.1) is 0 Å². The zero-order chi connectivity index (χ0) is 13.9. The van der Waals surface area contributed by atoms with Crippen LogP contribution in [0.1, 0.15) is 13.3 Å². The first-order chi connectivity index (χ1) is 8.25. The van der Waals surface area contributed by atoms with Crippen molar-refractivity contribution in [2.24, 2.45) is 0 Å². The molecule has 18 heavy (non-hydrogen) atoms. The fraction of sp³-hybridized carbons (Fsp3) is 0.455. The van der Waals surface area contributed by atoms with E-state index in [0.717, 1.165) is 16.4 Å². The normalized spacial score (nSPS) is 13.8. The third kappa shape index (κ3) is 3.41. The number of hydrogen-bond donors (Lipinski definition) is 2. The minimum absolute atomic E-state index is 0.0607. The van der Waals surface area contributed by atoms with E-state index in [0.29, 0.717) is 6.42 Å². The Hall–Kier alpha value is -1.18. The number of nitrogens with two attached hydrogens (primary N) is 1. The van der Waals surface area contributed by atoms with Gasteiger partial charge in [0, 0.05) is 13.6 Å². The molecule has 0 aliphatic heterocycles. The summed E-state index contributed by atoms with van der Waals surface area (Å²) in [5, 5.41) is 9.13. The largest absolute Gasteiger partial charge is 0.396 e. The van der Waals surface area contributed by atoms with E-state index in [1.807, 2.05) is 0 Å². The SMILES string of the molecule is CC(O)CCN(C)S(=O)(=O)c1ccc(F)c(N)c1. The summed E-state index contributed by atoms with van der Waals surface area (Å²) < 4.78 is 38.2. The molecule has 0 fully saturated rings. The quantitative estimate of drug-likeness (QED) is 0.779. The molecule has 0 aromatic heterocycles. The van der Waals surface area contributed by atoms with Gasteiger partial charge in [0.2, 0.25) is 10.0 Å². The Morgan fingerprint density at radius 1 is 1.50 bits per heavy atom. The van der Waals surface area contributed by atoms with Gasteiger partial charge in [0.25, 0.3) is 0 Å². The zero-order valence-corrected chi connectivity index (χ0v) is 11.1. The maximum atomic E-state index is 13.0. The average Bonchev–Trinajstić information content (AvgIpc) is 2.29. The highest BCUT2D eigenvalue weighted by Crippen LogP contribution is 2.19. The number of rotatable bonds is 5. The number of hydrogen-bond acceptors (Lipinski definition) is 4. The number of anilines is 1. The van der Waals surface area contributed by atoms with Gasteiger partial charge in [0.05, 0.1) is 16.7 Å². The molecule has 0 aliphatic rings. The van der Waals surface area contributed by atoms with Crippen molar-refractivity contribution in [3.8, 4) is 0 Å². The molecule has 0 radical (unpaired) electrons. The van der Waals surface area contributed by atoms with Crippen LogP contribution in [-0.2, 0) is 10.0 Å². The van der Waals surface area contributed by atoms with Crippen LogP contribution in [0.3, 0.4) is 0 Å². The Morgan fingerprint density at radius 3 is 2.61 bits per heavy atom. The lowest BCUT2D eigenvalue weighted by atomic mass is 10.3. The first kappa shape index (κ1) is 14.9. The van der Waals surface area contributed by atoms with Crippen molar-refractivity contribution in [3.63, 3.8) is 0 Å². The van der Waals surface area contributed by atoms with Gasteiger partial charge in [-0.2, -0.15) is 0 Å². The second-order valence-corrected chi connectivity index (χ2v) is 6.19. The zero-order valence-electron chi connectivity index (χ0n) is 10.3. The first-order valence-electron chi connectivity index (χ1n) is 5.44. The van der Waals surface area contributed by atoms with Gasteiger partial charge < -0.3 is 10.8 Å². The van der Waals surface area contributed by atoms with Crippen molar-refractivity contribution in [2.75, 3.05) is 19.3 Å². The summed E-state index contributed by atoms with van der Waals surface area (Å²) in [7, 11) is -2.30. The Kier molecular flexibility index (Phi) is 4.66. The number of nitrogens with zero attached hydrogens (tertiary/aromatic N) is 1. The third-order valence-electron chi connectivity index (χ3n) is 2.54. The van der Waals surface area contributed by atoms with Gasteiger partial charge in [-0.1, -0.05) is 0 Å². The van der Waals surface area contributed by atoms with E-state index in [1.54, 1.807) is 6.92 Å². The van der Waals surface area contributed by atoms with E-state index in [1.165, 1.54) is 13.1 Å². The van der Waals surface area contributed by atoms with Crippen LogP contribution < -0.4 is 5.73 Å². The van der Waals surface area contributed by atoms with E-state index < -0.39 is 21.9 Å². The molecule has 1 aromatic rings. The Balaban J connectivity index is 2.95. The van der Waals surface area contributed by atoms with Crippen LogP contribution in [0.5, 0.6) is 0 Å². The van der Waals surface area contributed by atoms with Crippen molar-refractivity contribution in [1.29, 1.82) is 0 Å². The fourth-order valence-electron chi connectivity index (χ4n) is 1.35. The fourth-order valence-corrected chi connectivity index (χ4v) is 2.57. The van der Waals surface area contributed by atoms with Crippen molar-refractivity contribution in [2.45, 2.75) is 24.3 Å². The third-order valence-corrected chi connectivity index (χ3v) is 4.39. The van der Waals surface area contributed by atoms with E-state index in [-0.39, 0.29) is 17.1 Å². The van der Waals surface area contributed by atoms with Gasteiger partial charge in [0.1, 0.15) is 5.82 Å². The summed E-state index contributed by atoms with van der Waals surface area (Å²) in [5.41, 5.74) is 5.13. The first-order valence-corrected chi connectivity index (χ1v) is 6.88.